The highest BCUT2D eigenvalue weighted by atomic mass is 35.5. The fourth-order valence-corrected chi connectivity index (χ4v) is 4.47. The third-order valence-corrected chi connectivity index (χ3v) is 5.95. The molecule has 14 heteroatoms. The zero-order valence-corrected chi connectivity index (χ0v) is 19.5. The molecular formula is C21H20ClF5N6O2. The Hall–Kier alpha value is -3.22. The molecule has 2 aromatic heterocycles. The van der Waals surface area contributed by atoms with Crippen LogP contribution < -0.4 is 15.0 Å². The summed E-state index contributed by atoms with van der Waals surface area (Å²) in [5.74, 6) is -1.74. The first kappa shape index (κ1) is 24.9. The summed E-state index contributed by atoms with van der Waals surface area (Å²) in [7, 11) is 1.43. The lowest BCUT2D eigenvalue weighted by molar-refractivity contribution is -0.166. The number of carbonyl (C=O) groups excluding carboxylic acids is 1. The Morgan fingerprint density at radius 1 is 1.14 bits per heavy atom. The third-order valence-electron chi connectivity index (χ3n) is 5.65. The topological polar surface area (TPSA) is 85.2 Å². The number of carbonyl (C=O) groups is 1. The van der Waals surface area contributed by atoms with Crippen LogP contribution in [0.2, 0.25) is 5.02 Å². The van der Waals surface area contributed by atoms with E-state index < -0.39 is 30.1 Å². The van der Waals surface area contributed by atoms with E-state index in [9.17, 15) is 26.7 Å². The fraction of sp³-hybridized carbons (Fsp3) is 0.429. The predicted octanol–water partition coefficient (Wildman–Crippen LogP) is 4.63. The molecule has 1 aromatic carbocycles. The van der Waals surface area contributed by atoms with Crippen molar-refractivity contribution in [3.8, 4) is 6.01 Å². The lowest BCUT2D eigenvalue weighted by Gasteiger charge is -2.31. The lowest BCUT2D eigenvalue weighted by Crippen LogP contribution is -2.41. The van der Waals surface area contributed by atoms with Gasteiger partial charge in [0, 0.05) is 18.7 Å². The van der Waals surface area contributed by atoms with E-state index in [2.05, 4.69) is 15.0 Å². The summed E-state index contributed by atoms with van der Waals surface area (Å²) in [5, 5.41) is 1.48. The monoisotopic (exact) mass is 518 g/mol. The van der Waals surface area contributed by atoms with Crippen LogP contribution in [0.5, 0.6) is 6.01 Å². The van der Waals surface area contributed by atoms with Gasteiger partial charge in [0.1, 0.15) is 5.52 Å². The molecule has 0 bridgehead atoms. The highest BCUT2D eigenvalue weighted by Crippen LogP contribution is 2.42. The molecule has 0 saturated carbocycles. The number of aromatic nitrogens is 4. The molecule has 0 radical (unpaired) electrons. The Balaban J connectivity index is 1.93. The minimum atomic E-state index is -5.05. The number of hydrogen-bond acceptors (Lipinski definition) is 6. The first-order valence-electron chi connectivity index (χ1n) is 10.4. The number of aryl methyl sites for hydroxylation is 3. The van der Waals surface area contributed by atoms with Gasteiger partial charge in [0.15, 0.2) is 6.04 Å². The number of halogens is 6. The summed E-state index contributed by atoms with van der Waals surface area (Å²) in [6.07, 6.45) is -8.14. The Morgan fingerprint density at radius 2 is 1.80 bits per heavy atom. The zero-order chi connectivity index (χ0) is 25.7. The van der Waals surface area contributed by atoms with Crippen LogP contribution in [-0.4, -0.2) is 51.7 Å². The summed E-state index contributed by atoms with van der Waals surface area (Å²) in [4.78, 5) is 26.4. The summed E-state index contributed by atoms with van der Waals surface area (Å²) in [6, 6.07) is -0.256. The van der Waals surface area contributed by atoms with Gasteiger partial charge < -0.3 is 19.5 Å². The number of fused-ring (bicyclic) bond motifs is 3. The molecule has 0 spiro atoms. The van der Waals surface area contributed by atoms with Gasteiger partial charge in [0.2, 0.25) is 5.95 Å². The number of imidazole rings is 1. The second kappa shape index (κ2) is 9.10. The number of ether oxygens (including phenoxy) is 1. The molecule has 1 N–H and O–H groups in total. The third kappa shape index (κ3) is 4.44. The van der Waals surface area contributed by atoms with Crippen LogP contribution in [0.3, 0.4) is 0 Å². The average Bonchev–Trinajstić information content (AvgIpc) is 3.18. The van der Waals surface area contributed by atoms with Crippen molar-refractivity contribution in [3.05, 3.63) is 34.1 Å². The summed E-state index contributed by atoms with van der Waals surface area (Å²) >= 11 is 6.30. The number of rotatable bonds is 5. The number of anilines is 2. The predicted molar refractivity (Wildman–Crippen MR) is 117 cm³/mol. The number of nitrogens with one attached hydrogen (secondary N) is 1. The molecule has 3 heterocycles. The molecule has 4 rings (SSSR count). The van der Waals surface area contributed by atoms with Gasteiger partial charge in [-0.1, -0.05) is 17.7 Å². The van der Waals surface area contributed by atoms with E-state index in [1.807, 2.05) is 0 Å². The molecule has 1 aliphatic rings. The van der Waals surface area contributed by atoms with Crippen LogP contribution in [0.15, 0.2) is 12.1 Å². The number of nitrogens with zero attached hydrogens (tertiary/aromatic N) is 5. The van der Waals surface area contributed by atoms with Gasteiger partial charge in [-0.3, -0.25) is 4.79 Å². The van der Waals surface area contributed by atoms with Crippen molar-refractivity contribution >= 4 is 40.2 Å². The molecular weight excluding hydrogens is 499 g/mol. The molecule has 1 amide bonds. The van der Waals surface area contributed by atoms with E-state index in [-0.39, 0.29) is 28.6 Å². The number of alkyl halides is 5. The number of benzene rings is 1. The van der Waals surface area contributed by atoms with Crippen LogP contribution >= 0.6 is 11.6 Å². The van der Waals surface area contributed by atoms with Crippen molar-refractivity contribution < 1.29 is 31.5 Å². The van der Waals surface area contributed by atoms with Gasteiger partial charge in [-0.25, -0.2) is 4.98 Å². The van der Waals surface area contributed by atoms with Crippen molar-refractivity contribution in [2.45, 2.75) is 45.5 Å². The molecule has 0 aliphatic carbocycles. The molecule has 188 valence electrons. The van der Waals surface area contributed by atoms with E-state index >= 15 is 0 Å². The van der Waals surface area contributed by atoms with Crippen LogP contribution in [0.25, 0.3) is 11.0 Å². The first-order valence-corrected chi connectivity index (χ1v) is 10.8. The van der Waals surface area contributed by atoms with E-state index in [1.54, 1.807) is 18.7 Å². The molecule has 3 aromatic rings. The maximum absolute atomic E-state index is 14.0. The van der Waals surface area contributed by atoms with Crippen LogP contribution in [0, 0.1) is 13.8 Å². The SMILES string of the molecule is COc1nc(C)c(N2CCCn3c2nc2c(Cl)ccc(C(NC(=O)C(F)F)C(F)(F)F)c23)c(C)n1. The Kier molecular flexibility index (Phi) is 6.47. The quantitative estimate of drug-likeness (QED) is 0.496. The van der Waals surface area contributed by atoms with E-state index in [0.29, 0.717) is 36.0 Å². The van der Waals surface area contributed by atoms with Crippen LogP contribution in [0.4, 0.5) is 33.6 Å². The molecule has 1 unspecified atom stereocenters. The van der Waals surface area contributed by atoms with Crippen LogP contribution in [-0.2, 0) is 11.3 Å². The number of hydrogen-bond donors (Lipinski definition) is 1. The fourth-order valence-electron chi connectivity index (χ4n) is 4.27. The minimum absolute atomic E-state index is 0.00109. The van der Waals surface area contributed by atoms with Crippen molar-refractivity contribution in [3.63, 3.8) is 0 Å². The minimum Gasteiger partial charge on any atom is -0.467 e. The lowest BCUT2D eigenvalue weighted by atomic mass is 10.0. The summed E-state index contributed by atoms with van der Waals surface area (Å²) < 4.78 is 74.1. The Labute approximate surface area is 201 Å². The zero-order valence-electron chi connectivity index (χ0n) is 18.8. The molecule has 0 saturated heterocycles. The molecule has 1 aliphatic heterocycles. The summed E-state index contributed by atoms with van der Waals surface area (Å²) in [6.45, 7) is 4.24. The van der Waals surface area contributed by atoms with Gasteiger partial charge in [-0.2, -0.15) is 31.9 Å². The van der Waals surface area contributed by atoms with Gasteiger partial charge in [0.05, 0.1) is 34.7 Å². The van der Waals surface area contributed by atoms with Crippen LogP contribution in [0.1, 0.15) is 29.4 Å². The van der Waals surface area contributed by atoms with Gasteiger partial charge >= 0.3 is 18.6 Å². The highest BCUT2D eigenvalue weighted by molar-refractivity contribution is 6.35. The van der Waals surface area contributed by atoms with E-state index in [0.717, 1.165) is 6.07 Å². The van der Waals surface area contributed by atoms with Crippen molar-refractivity contribution in [1.29, 1.82) is 0 Å². The standard InChI is InChI=1S/C21H20ClF5N6O2/c1-9-14(10(2)29-19(28-9)35-3)32-7-4-8-33-15-11(5-6-12(22)13(15)30-20(32)33)16(21(25,26)27)31-18(34)17(23)24/h5-6,16-17H,4,7-8H2,1-3H3,(H,31,34). The van der Waals surface area contributed by atoms with Crippen molar-refractivity contribution in [2.24, 2.45) is 0 Å². The largest absolute Gasteiger partial charge is 0.467 e. The first-order chi connectivity index (χ1) is 16.4. The number of amides is 1. The van der Waals surface area contributed by atoms with Gasteiger partial charge in [-0.05, 0) is 26.3 Å². The van der Waals surface area contributed by atoms with E-state index in [4.69, 9.17) is 16.3 Å². The van der Waals surface area contributed by atoms with Gasteiger partial charge in [0.25, 0.3) is 5.91 Å². The molecule has 1 atom stereocenters. The Morgan fingerprint density at radius 3 is 2.37 bits per heavy atom. The normalized spacial score (nSPS) is 14.9. The van der Waals surface area contributed by atoms with E-state index in [1.165, 1.54) is 23.1 Å². The average molecular weight is 519 g/mol. The smallest absolute Gasteiger partial charge is 0.412 e. The highest BCUT2D eigenvalue weighted by Gasteiger charge is 2.45. The molecule has 8 nitrogen and oxygen atoms in total. The van der Waals surface area contributed by atoms with Gasteiger partial charge in [-0.15, -0.1) is 0 Å². The summed E-state index contributed by atoms with van der Waals surface area (Å²) in [5.41, 5.74) is 1.36. The molecule has 0 fully saturated rings. The van der Waals surface area contributed by atoms with Crippen molar-refractivity contribution in [1.82, 2.24) is 24.8 Å². The number of methoxy groups -OCH3 is 1. The van der Waals surface area contributed by atoms with Crippen molar-refractivity contribution in [2.75, 3.05) is 18.6 Å². The molecule has 35 heavy (non-hydrogen) atoms. The maximum atomic E-state index is 14.0. The second-order valence-electron chi connectivity index (χ2n) is 7.92. The Bertz CT molecular complexity index is 1270. The maximum Gasteiger partial charge on any atom is 0.412 e. The second-order valence-corrected chi connectivity index (χ2v) is 8.32.